The molecule has 0 bridgehead atoms. The van der Waals surface area contributed by atoms with Crippen molar-refractivity contribution < 1.29 is 21.6 Å². The fourth-order valence-corrected chi connectivity index (χ4v) is 3.56. The van der Waals surface area contributed by atoms with Gasteiger partial charge in [0.1, 0.15) is 17.3 Å². The monoisotopic (exact) mass is 335 g/mol. The summed E-state index contributed by atoms with van der Waals surface area (Å²) in [5, 5.41) is 0. The van der Waals surface area contributed by atoms with E-state index in [4.69, 9.17) is 8.83 Å². The highest BCUT2D eigenvalue weighted by Crippen LogP contribution is 2.22. The lowest BCUT2D eigenvalue weighted by Gasteiger charge is -2.20. The van der Waals surface area contributed by atoms with Crippen molar-refractivity contribution in [1.29, 1.82) is 0 Å². The first kappa shape index (κ1) is 15.5. The Morgan fingerprint density at radius 1 is 0.913 bits per heavy atom. The molecule has 120 valence electrons. The number of rotatable bonds is 6. The third kappa shape index (κ3) is 3.52. The third-order valence-corrected chi connectivity index (χ3v) is 5.05. The van der Waals surface area contributed by atoms with Crippen molar-refractivity contribution in [2.24, 2.45) is 0 Å². The largest absolute Gasteiger partial charge is 0.468 e. The molecule has 0 fully saturated rings. The van der Waals surface area contributed by atoms with Crippen molar-refractivity contribution in [3.05, 3.63) is 78.4 Å². The summed E-state index contributed by atoms with van der Waals surface area (Å²) in [5.74, 6) is 0.357. The number of sulfonamides is 1. The van der Waals surface area contributed by atoms with Gasteiger partial charge in [-0.1, -0.05) is 6.07 Å². The van der Waals surface area contributed by atoms with Gasteiger partial charge in [-0.3, -0.25) is 0 Å². The zero-order valence-electron chi connectivity index (χ0n) is 12.1. The van der Waals surface area contributed by atoms with Gasteiger partial charge in [-0.25, -0.2) is 12.8 Å². The van der Waals surface area contributed by atoms with Crippen LogP contribution >= 0.6 is 0 Å². The van der Waals surface area contributed by atoms with E-state index in [2.05, 4.69) is 0 Å². The van der Waals surface area contributed by atoms with Gasteiger partial charge in [0.2, 0.25) is 10.0 Å². The van der Waals surface area contributed by atoms with E-state index >= 15 is 0 Å². The highest BCUT2D eigenvalue weighted by molar-refractivity contribution is 7.89. The average Bonchev–Trinajstić information content (AvgIpc) is 3.20. The van der Waals surface area contributed by atoms with Gasteiger partial charge < -0.3 is 8.83 Å². The van der Waals surface area contributed by atoms with E-state index in [0.29, 0.717) is 11.5 Å². The molecule has 0 spiro atoms. The summed E-state index contributed by atoms with van der Waals surface area (Å²) in [5.41, 5.74) is 0. The van der Waals surface area contributed by atoms with Crippen LogP contribution in [0.15, 0.2) is 74.8 Å². The third-order valence-electron chi connectivity index (χ3n) is 3.26. The van der Waals surface area contributed by atoms with Crippen LogP contribution in [0.5, 0.6) is 0 Å². The van der Waals surface area contributed by atoms with Gasteiger partial charge in [0.15, 0.2) is 0 Å². The quantitative estimate of drug-likeness (QED) is 0.692. The number of nitrogens with zero attached hydrogens (tertiary/aromatic N) is 1. The zero-order valence-corrected chi connectivity index (χ0v) is 12.9. The van der Waals surface area contributed by atoms with Crippen LogP contribution in [0.4, 0.5) is 4.39 Å². The Bertz CT molecular complexity index is 821. The zero-order chi connectivity index (χ0) is 16.3. The standard InChI is InChI=1S/C16H14FNO4S/c17-13-4-1-7-16(10-13)23(19,20)18(11-14-5-2-8-21-14)12-15-6-3-9-22-15/h1-10H,11-12H2. The van der Waals surface area contributed by atoms with Crippen LogP contribution in [0, 0.1) is 5.82 Å². The SMILES string of the molecule is O=S(=O)(c1cccc(F)c1)N(Cc1ccco1)Cc1ccco1. The first-order valence-electron chi connectivity index (χ1n) is 6.86. The van der Waals surface area contributed by atoms with E-state index in [1.165, 1.54) is 35.0 Å². The minimum absolute atomic E-state index is 0.0204. The summed E-state index contributed by atoms with van der Waals surface area (Å²) in [6, 6.07) is 11.6. The Morgan fingerprint density at radius 3 is 2.00 bits per heavy atom. The minimum atomic E-state index is -3.90. The van der Waals surface area contributed by atoms with Crippen molar-refractivity contribution in [3.8, 4) is 0 Å². The highest BCUT2D eigenvalue weighted by atomic mass is 32.2. The molecule has 1 aromatic carbocycles. The number of hydrogen-bond donors (Lipinski definition) is 0. The second kappa shape index (κ2) is 6.39. The Labute approximate surface area is 133 Å². The van der Waals surface area contributed by atoms with Gasteiger partial charge in [0.25, 0.3) is 0 Å². The Balaban J connectivity index is 1.95. The molecule has 2 heterocycles. The second-order valence-electron chi connectivity index (χ2n) is 4.89. The molecule has 3 rings (SSSR count). The maximum atomic E-state index is 13.4. The molecule has 0 saturated carbocycles. The lowest BCUT2D eigenvalue weighted by Crippen LogP contribution is -2.30. The van der Waals surface area contributed by atoms with Gasteiger partial charge in [0, 0.05) is 0 Å². The maximum absolute atomic E-state index is 13.4. The Hall–Kier alpha value is -2.38. The van der Waals surface area contributed by atoms with E-state index in [1.807, 2.05) is 0 Å². The first-order valence-corrected chi connectivity index (χ1v) is 8.30. The molecule has 0 N–H and O–H groups in total. The molecule has 5 nitrogen and oxygen atoms in total. The van der Waals surface area contributed by atoms with Crippen molar-refractivity contribution in [3.63, 3.8) is 0 Å². The van der Waals surface area contributed by atoms with Gasteiger partial charge >= 0.3 is 0 Å². The molecule has 0 aliphatic heterocycles. The number of furan rings is 2. The van der Waals surface area contributed by atoms with Crippen LogP contribution in [-0.4, -0.2) is 12.7 Å². The van der Waals surface area contributed by atoms with E-state index in [9.17, 15) is 12.8 Å². The molecule has 2 aromatic heterocycles. The molecule has 7 heteroatoms. The van der Waals surface area contributed by atoms with Gasteiger partial charge in [0.05, 0.1) is 30.5 Å². The number of hydrogen-bond acceptors (Lipinski definition) is 4. The molecule has 0 radical (unpaired) electrons. The van der Waals surface area contributed by atoms with Crippen molar-refractivity contribution in [1.82, 2.24) is 4.31 Å². The molecule has 0 amide bonds. The maximum Gasteiger partial charge on any atom is 0.244 e. The van der Waals surface area contributed by atoms with Crippen molar-refractivity contribution >= 4 is 10.0 Å². The van der Waals surface area contributed by atoms with E-state index in [-0.39, 0.29) is 18.0 Å². The summed E-state index contributed by atoms with van der Waals surface area (Å²) in [7, 11) is -3.90. The van der Waals surface area contributed by atoms with Crippen LogP contribution in [0.1, 0.15) is 11.5 Å². The van der Waals surface area contributed by atoms with Crippen LogP contribution in [-0.2, 0) is 23.1 Å². The van der Waals surface area contributed by atoms with Crippen LogP contribution < -0.4 is 0 Å². The van der Waals surface area contributed by atoms with Crippen molar-refractivity contribution in [2.75, 3.05) is 0 Å². The molecule has 0 saturated heterocycles. The molecule has 0 aliphatic carbocycles. The summed E-state index contributed by atoms with van der Waals surface area (Å²) < 4.78 is 50.7. The fraction of sp³-hybridized carbons (Fsp3) is 0.125. The molecular weight excluding hydrogens is 321 g/mol. The van der Waals surface area contributed by atoms with Gasteiger partial charge in [-0.15, -0.1) is 0 Å². The molecule has 0 atom stereocenters. The highest BCUT2D eigenvalue weighted by Gasteiger charge is 2.27. The van der Waals surface area contributed by atoms with E-state index in [0.717, 1.165) is 6.07 Å². The van der Waals surface area contributed by atoms with Gasteiger partial charge in [-0.2, -0.15) is 4.31 Å². The number of halogens is 1. The molecule has 3 aromatic rings. The summed E-state index contributed by atoms with van der Waals surface area (Å²) in [6.07, 6.45) is 2.93. The predicted octanol–water partition coefficient (Wildman–Crippen LogP) is 3.40. The van der Waals surface area contributed by atoms with Crippen LogP contribution in [0.2, 0.25) is 0 Å². The number of benzene rings is 1. The Kier molecular flexibility index (Phi) is 4.31. The fourth-order valence-electron chi connectivity index (χ4n) is 2.16. The van der Waals surface area contributed by atoms with Crippen LogP contribution in [0.25, 0.3) is 0 Å². The topological polar surface area (TPSA) is 63.7 Å². The smallest absolute Gasteiger partial charge is 0.244 e. The van der Waals surface area contributed by atoms with Crippen LogP contribution in [0.3, 0.4) is 0 Å². The summed E-state index contributed by atoms with van der Waals surface area (Å²) in [4.78, 5) is -0.115. The molecule has 0 aliphatic rings. The predicted molar refractivity (Wildman–Crippen MR) is 80.2 cm³/mol. The lowest BCUT2D eigenvalue weighted by molar-refractivity contribution is 0.330. The summed E-state index contributed by atoms with van der Waals surface area (Å²) >= 11 is 0. The van der Waals surface area contributed by atoms with Crippen molar-refractivity contribution in [2.45, 2.75) is 18.0 Å². The van der Waals surface area contributed by atoms with E-state index < -0.39 is 15.8 Å². The average molecular weight is 335 g/mol. The Morgan fingerprint density at radius 2 is 1.52 bits per heavy atom. The normalized spacial score (nSPS) is 11.9. The first-order chi connectivity index (χ1) is 11.1. The summed E-state index contributed by atoms with van der Waals surface area (Å²) in [6.45, 7) is 0.0408. The lowest BCUT2D eigenvalue weighted by atomic mass is 10.4. The minimum Gasteiger partial charge on any atom is -0.468 e. The molecular formula is C16H14FNO4S. The second-order valence-corrected chi connectivity index (χ2v) is 6.83. The molecule has 23 heavy (non-hydrogen) atoms. The van der Waals surface area contributed by atoms with E-state index in [1.54, 1.807) is 24.3 Å². The molecule has 0 unspecified atom stereocenters. The van der Waals surface area contributed by atoms with Gasteiger partial charge in [-0.05, 0) is 42.5 Å².